The van der Waals surface area contributed by atoms with Crippen LogP contribution in [0.1, 0.15) is 13.8 Å². The molecule has 3 N–H and O–H groups in total. The average molecular weight is 488 g/mol. The van der Waals surface area contributed by atoms with E-state index in [1.54, 1.807) is 18.9 Å². The molecule has 0 bridgehead atoms. The van der Waals surface area contributed by atoms with E-state index in [1.165, 1.54) is 4.90 Å². The van der Waals surface area contributed by atoms with Gasteiger partial charge in [-0.25, -0.2) is 0 Å². The number of hydrogen-bond donors (Lipinski definition) is 2. The molecule has 0 saturated heterocycles. The zero-order valence-electron chi connectivity index (χ0n) is 12.5. The van der Waals surface area contributed by atoms with Gasteiger partial charge >= 0.3 is 0 Å². The van der Waals surface area contributed by atoms with E-state index in [0.717, 1.165) is 4.47 Å². The van der Waals surface area contributed by atoms with Gasteiger partial charge in [0, 0.05) is 27.8 Å². The van der Waals surface area contributed by atoms with Crippen LogP contribution >= 0.6 is 51.7 Å². The molecular formula is C14H23BrIN3OS. The topological polar surface area (TPSA) is 59.6 Å². The lowest BCUT2D eigenvalue weighted by Gasteiger charge is -2.14. The number of aliphatic imine (C=N–C) groups is 1. The van der Waals surface area contributed by atoms with Crippen molar-refractivity contribution in [2.45, 2.75) is 30.0 Å². The molecule has 7 heteroatoms. The summed E-state index contributed by atoms with van der Waals surface area (Å²) in [6.45, 7) is 5.44. The maximum absolute atomic E-state index is 5.83. The monoisotopic (exact) mass is 487 g/mol. The molecule has 2 atom stereocenters. The summed E-state index contributed by atoms with van der Waals surface area (Å²) in [7, 11) is 1.67. The fraction of sp³-hybridized carbons (Fsp3) is 0.500. The molecule has 0 aliphatic heterocycles. The quantitative estimate of drug-likeness (QED) is 0.267. The van der Waals surface area contributed by atoms with Gasteiger partial charge in [-0.05, 0) is 31.2 Å². The number of ether oxygens (including phenoxy) is 1. The van der Waals surface area contributed by atoms with Crippen molar-refractivity contribution in [2.24, 2.45) is 10.7 Å². The van der Waals surface area contributed by atoms with Crippen molar-refractivity contribution >= 4 is 57.6 Å². The molecule has 0 spiro atoms. The van der Waals surface area contributed by atoms with Crippen LogP contribution in [0.5, 0.6) is 0 Å². The molecule has 0 heterocycles. The molecule has 0 amide bonds. The van der Waals surface area contributed by atoms with Gasteiger partial charge in [-0.15, -0.1) is 35.7 Å². The number of nitrogens with two attached hydrogens (primary N) is 1. The first-order valence-electron chi connectivity index (χ1n) is 6.49. The third-order valence-corrected chi connectivity index (χ3v) is 4.11. The van der Waals surface area contributed by atoms with E-state index in [1.807, 2.05) is 19.1 Å². The summed E-state index contributed by atoms with van der Waals surface area (Å²) in [4.78, 5) is 5.59. The van der Waals surface area contributed by atoms with Crippen molar-refractivity contribution in [3.05, 3.63) is 28.7 Å². The third-order valence-electron chi connectivity index (χ3n) is 2.48. The van der Waals surface area contributed by atoms with Gasteiger partial charge < -0.3 is 15.8 Å². The fourth-order valence-corrected chi connectivity index (χ4v) is 2.77. The fourth-order valence-electron chi connectivity index (χ4n) is 1.60. The van der Waals surface area contributed by atoms with E-state index in [4.69, 9.17) is 10.5 Å². The maximum atomic E-state index is 5.83. The van der Waals surface area contributed by atoms with Gasteiger partial charge in [0.05, 0.1) is 13.2 Å². The van der Waals surface area contributed by atoms with E-state index in [2.05, 4.69) is 45.3 Å². The van der Waals surface area contributed by atoms with Gasteiger partial charge in [0.2, 0.25) is 0 Å². The Balaban J connectivity index is 0.00000400. The van der Waals surface area contributed by atoms with Crippen LogP contribution in [-0.4, -0.2) is 37.5 Å². The first-order valence-corrected chi connectivity index (χ1v) is 8.16. The highest BCUT2D eigenvalue weighted by atomic mass is 127. The van der Waals surface area contributed by atoms with Crippen molar-refractivity contribution in [2.75, 3.05) is 20.3 Å². The molecule has 4 nitrogen and oxygen atoms in total. The lowest BCUT2D eigenvalue weighted by Crippen LogP contribution is -2.41. The van der Waals surface area contributed by atoms with Crippen LogP contribution in [0.15, 0.2) is 38.6 Å². The number of guanidine groups is 1. The van der Waals surface area contributed by atoms with E-state index in [-0.39, 0.29) is 30.0 Å². The number of nitrogens with one attached hydrogen (secondary N) is 1. The minimum Gasteiger partial charge on any atom is -0.383 e. The molecule has 0 aliphatic rings. The highest BCUT2D eigenvalue weighted by molar-refractivity contribution is 14.0. The highest BCUT2D eigenvalue weighted by Crippen LogP contribution is 2.24. The predicted molar refractivity (Wildman–Crippen MR) is 106 cm³/mol. The summed E-state index contributed by atoms with van der Waals surface area (Å²) < 4.78 is 6.13. The minimum absolute atomic E-state index is 0. The molecule has 1 rings (SSSR count). The van der Waals surface area contributed by atoms with Gasteiger partial charge in [0.1, 0.15) is 0 Å². The number of thioether (sulfide) groups is 1. The van der Waals surface area contributed by atoms with Crippen LogP contribution < -0.4 is 11.1 Å². The van der Waals surface area contributed by atoms with Gasteiger partial charge in [0.15, 0.2) is 5.96 Å². The summed E-state index contributed by atoms with van der Waals surface area (Å²) in [6.07, 6.45) is 0. The number of methoxy groups -OCH3 is 1. The Labute approximate surface area is 156 Å². The smallest absolute Gasteiger partial charge is 0.188 e. The lowest BCUT2D eigenvalue weighted by atomic mass is 10.4. The number of benzene rings is 1. The molecule has 120 valence electrons. The van der Waals surface area contributed by atoms with Gasteiger partial charge in [-0.3, -0.25) is 4.99 Å². The summed E-state index contributed by atoms with van der Waals surface area (Å²) >= 11 is 5.22. The highest BCUT2D eigenvalue weighted by Gasteiger charge is 2.05. The summed E-state index contributed by atoms with van der Waals surface area (Å²) in [5.41, 5.74) is 5.83. The van der Waals surface area contributed by atoms with Gasteiger partial charge in [-0.2, -0.15) is 0 Å². The van der Waals surface area contributed by atoms with Crippen LogP contribution in [0.3, 0.4) is 0 Å². The van der Waals surface area contributed by atoms with E-state index in [9.17, 15) is 0 Å². The van der Waals surface area contributed by atoms with E-state index < -0.39 is 0 Å². The Bertz CT molecular complexity index is 431. The molecular weight excluding hydrogens is 465 g/mol. The molecule has 2 unspecified atom stereocenters. The number of hydrogen-bond acceptors (Lipinski definition) is 3. The molecule has 21 heavy (non-hydrogen) atoms. The zero-order chi connectivity index (χ0) is 15.0. The number of nitrogens with zero attached hydrogens (tertiary/aromatic N) is 1. The van der Waals surface area contributed by atoms with Crippen LogP contribution in [0.4, 0.5) is 0 Å². The molecule has 0 saturated carbocycles. The molecule has 0 aliphatic carbocycles. The Morgan fingerprint density at radius 1 is 1.38 bits per heavy atom. The standard InChI is InChI=1S/C14H22BrN3OS.HI/c1-10(9-19-3)18-14(16)17-8-11(2)20-13-6-4-12(15)5-7-13;/h4-7,10-11H,8-9H2,1-3H3,(H3,16,17,18);1H. The summed E-state index contributed by atoms with van der Waals surface area (Å²) in [6, 6.07) is 8.44. The molecule has 1 aromatic carbocycles. The van der Waals surface area contributed by atoms with Crippen molar-refractivity contribution < 1.29 is 4.74 Å². The van der Waals surface area contributed by atoms with Crippen LogP contribution in [0.25, 0.3) is 0 Å². The normalized spacial score (nSPS) is 14.2. The third kappa shape index (κ3) is 9.59. The first-order chi connectivity index (χ1) is 9.51. The molecule has 0 aromatic heterocycles. The zero-order valence-corrected chi connectivity index (χ0v) is 17.2. The lowest BCUT2D eigenvalue weighted by molar-refractivity contribution is 0.179. The summed E-state index contributed by atoms with van der Waals surface area (Å²) in [5.74, 6) is 0.470. The van der Waals surface area contributed by atoms with Crippen molar-refractivity contribution in [3.8, 4) is 0 Å². The molecule has 0 fully saturated rings. The second-order valence-corrected chi connectivity index (χ2v) is 7.04. The van der Waals surface area contributed by atoms with Crippen molar-refractivity contribution in [1.29, 1.82) is 0 Å². The van der Waals surface area contributed by atoms with Crippen molar-refractivity contribution in [3.63, 3.8) is 0 Å². The Morgan fingerprint density at radius 3 is 2.57 bits per heavy atom. The number of rotatable bonds is 7. The molecule has 0 radical (unpaired) electrons. The Morgan fingerprint density at radius 2 is 2.00 bits per heavy atom. The molecule has 1 aromatic rings. The summed E-state index contributed by atoms with van der Waals surface area (Å²) in [5, 5.41) is 3.46. The largest absolute Gasteiger partial charge is 0.383 e. The average Bonchev–Trinajstić information content (AvgIpc) is 2.39. The van der Waals surface area contributed by atoms with Gasteiger partial charge in [0.25, 0.3) is 0 Å². The minimum atomic E-state index is 0. The van der Waals surface area contributed by atoms with Gasteiger partial charge in [-0.1, -0.05) is 22.9 Å². The van der Waals surface area contributed by atoms with Crippen LogP contribution in [-0.2, 0) is 4.74 Å². The first kappa shape index (κ1) is 21.0. The van der Waals surface area contributed by atoms with Crippen LogP contribution in [0.2, 0.25) is 0 Å². The second kappa shape index (κ2) is 11.6. The predicted octanol–water partition coefficient (Wildman–Crippen LogP) is 3.49. The van der Waals surface area contributed by atoms with Crippen molar-refractivity contribution in [1.82, 2.24) is 5.32 Å². The van der Waals surface area contributed by atoms with E-state index in [0.29, 0.717) is 24.4 Å². The van der Waals surface area contributed by atoms with E-state index >= 15 is 0 Å². The van der Waals surface area contributed by atoms with Crippen LogP contribution in [0, 0.1) is 0 Å². The SMILES string of the molecule is COCC(C)NC(N)=NCC(C)Sc1ccc(Br)cc1.I. The maximum Gasteiger partial charge on any atom is 0.188 e. The Hall–Kier alpha value is 0.01000. The number of halogens is 2. The Kier molecular flexibility index (Phi) is 11.6. The second-order valence-electron chi connectivity index (χ2n) is 4.61.